The molecule has 0 radical (unpaired) electrons. The smallest absolute Gasteiger partial charge is 0.317 e. The van der Waals surface area contributed by atoms with Gasteiger partial charge in [-0.15, -0.1) is 11.8 Å². The topological polar surface area (TPSA) is 84.5 Å². The average molecular weight is 386 g/mol. The molecule has 6 nitrogen and oxygen atoms in total. The second-order valence-corrected chi connectivity index (χ2v) is 7.02. The SMILES string of the molecule is Cc1ccc(SCC(=O)O[C@H](C)C(=O)NNC(=O)c2ccccc2)c(C)c1. The summed E-state index contributed by atoms with van der Waals surface area (Å²) >= 11 is 1.36. The third-order valence-electron chi connectivity index (χ3n) is 3.69. The molecule has 0 fully saturated rings. The molecule has 2 amide bonds. The van der Waals surface area contributed by atoms with Crippen molar-refractivity contribution < 1.29 is 19.1 Å². The molecule has 2 aromatic carbocycles. The number of hydrazine groups is 1. The van der Waals surface area contributed by atoms with Gasteiger partial charge in [-0.25, -0.2) is 0 Å². The van der Waals surface area contributed by atoms with Crippen LogP contribution in [0.2, 0.25) is 0 Å². The molecular formula is C20H22N2O4S. The van der Waals surface area contributed by atoms with Gasteiger partial charge in [-0.05, 0) is 44.5 Å². The minimum absolute atomic E-state index is 0.0951. The number of esters is 1. The molecule has 1 atom stereocenters. The molecule has 0 saturated carbocycles. The molecule has 0 saturated heterocycles. The fourth-order valence-corrected chi connectivity index (χ4v) is 3.06. The number of thioether (sulfide) groups is 1. The Bertz CT molecular complexity index is 824. The van der Waals surface area contributed by atoms with E-state index in [4.69, 9.17) is 4.74 Å². The number of carbonyl (C=O) groups excluding carboxylic acids is 3. The Balaban J connectivity index is 1.76. The van der Waals surface area contributed by atoms with Crippen molar-refractivity contribution in [2.75, 3.05) is 5.75 Å². The molecule has 0 aliphatic rings. The zero-order valence-corrected chi connectivity index (χ0v) is 16.3. The predicted octanol–water partition coefficient (Wildman–Crippen LogP) is 2.79. The molecule has 0 aliphatic heterocycles. The van der Waals surface area contributed by atoms with Gasteiger partial charge in [0.05, 0.1) is 5.75 Å². The number of rotatable bonds is 6. The van der Waals surface area contributed by atoms with E-state index >= 15 is 0 Å². The number of aryl methyl sites for hydroxylation is 2. The molecule has 0 heterocycles. The van der Waals surface area contributed by atoms with Crippen LogP contribution in [0.5, 0.6) is 0 Å². The molecule has 142 valence electrons. The van der Waals surface area contributed by atoms with Crippen LogP contribution in [-0.2, 0) is 14.3 Å². The molecule has 0 spiro atoms. The van der Waals surface area contributed by atoms with Gasteiger partial charge in [0.15, 0.2) is 6.10 Å². The van der Waals surface area contributed by atoms with E-state index in [0.29, 0.717) is 5.56 Å². The zero-order chi connectivity index (χ0) is 19.8. The molecule has 2 aromatic rings. The summed E-state index contributed by atoms with van der Waals surface area (Å²) in [6.07, 6.45) is -1.02. The number of carbonyl (C=O) groups is 3. The number of hydrogen-bond donors (Lipinski definition) is 2. The first-order chi connectivity index (χ1) is 12.9. The molecule has 27 heavy (non-hydrogen) atoms. The van der Waals surface area contributed by atoms with Crippen LogP contribution in [0.3, 0.4) is 0 Å². The third kappa shape index (κ3) is 6.45. The largest absolute Gasteiger partial charge is 0.452 e. The van der Waals surface area contributed by atoms with Crippen molar-refractivity contribution in [3.8, 4) is 0 Å². The van der Waals surface area contributed by atoms with Crippen molar-refractivity contribution in [2.24, 2.45) is 0 Å². The van der Waals surface area contributed by atoms with Crippen LogP contribution in [-0.4, -0.2) is 29.6 Å². The molecule has 2 N–H and O–H groups in total. The number of amides is 2. The van der Waals surface area contributed by atoms with Crippen molar-refractivity contribution in [3.63, 3.8) is 0 Å². The van der Waals surface area contributed by atoms with Crippen LogP contribution >= 0.6 is 11.8 Å². The fraction of sp³-hybridized carbons (Fsp3) is 0.250. The van der Waals surface area contributed by atoms with E-state index in [0.717, 1.165) is 16.0 Å². The van der Waals surface area contributed by atoms with Gasteiger partial charge in [0, 0.05) is 10.5 Å². The second kappa shape index (κ2) is 9.78. The highest BCUT2D eigenvalue weighted by atomic mass is 32.2. The molecule has 0 bridgehead atoms. The quantitative estimate of drug-likeness (QED) is 0.453. The highest BCUT2D eigenvalue weighted by molar-refractivity contribution is 8.00. The molecule has 0 aliphatic carbocycles. The van der Waals surface area contributed by atoms with Gasteiger partial charge in [-0.3, -0.25) is 25.2 Å². The van der Waals surface area contributed by atoms with E-state index in [1.807, 2.05) is 32.0 Å². The van der Waals surface area contributed by atoms with Crippen LogP contribution < -0.4 is 10.9 Å². The molecule has 0 aromatic heterocycles. The second-order valence-electron chi connectivity index (χ2n) is 6.00. The summed E-state index contributed by atoms with van der Waals surface area (Å²) in [5.41, 5.74) is 7.19. The Kier molecular flexibility index (Phi) is 7.43. The van der Waals surface area contributed by atoms with Crippen LogP contribution in [0.4, 0.5) is 0 Å². The van der Waals surface area contributed by atoms with Gasteiger partial charge < -0.3 is 4.74 Å². The highest BCUT2D eigenvalue weighted by Crippen LogP contribution is 2.23. The lowest BCUT2D eigenvalue weighted by molar-refractivity contribution is -0.152. The fourth-order valence-electron chi connectivity index (χ4n) is 2.26. The lowest BCUT2D eigenvalue weighted by Gasteiger charge is -2.14. The maximum Gasteiger partial charge on any atom is 0.317 e. The van der Waals surface area contributed by atoms with E-state index in [-0.39, 0.29) is 5.75 Å². The maximum atomic E-state index is 12.0. The van der Waals surface area contributed by atoms with Crippen molar-refractivity contribution in [2.45, 2.75) is 31.8 Å². The van der Waals surface area contributed by atoms with E-state index in [1.165, 1.54) is 18.7 Å². The number of benzene rings is 2. The minimum Gasteiger partial charge on any atom is -0.452 e. The first kappa shape index (κ1) is 20.5. The van der Waals surface area contributed by atoms with Crippen LogP contribution in [0, 0.1) is 13.8 Å². The third-order valence-corrected chi connectivity index (χ3v) is 4.84. The van der Waals surface area contributed by atoms with Crippen molar-refractivity contribution in [3.05, 3.63) is 65.2 Å². The van der Waals surface area contributed by atoms with Crippen molar-refractivity contribution in [1.29, 1.82) is 0 Å². The first-order valence-electron chi connectivity index (χ1n) is 8.41. The maximum absolute atomic E-state index is 12.0. The van der Waals surface area contributed by atoms with Gasteiger partial charge in [-0.1, -0.05) is 35.9 Å². The van der Waals surface area contributed by atoms with Crippen LogP contribution in [0.1, 0.15) is 28.4 Å². The number of ether oxygens (including phenoxy) is 1. The zero-order valence-electron chi connectivity index (χ0n) is 15.4. The predicted molar refractivity (Wildman–Crippen MR) is 104 cm³/mol. The summed E-state index contributed by atoms with van der Waals surface area (Å²) in [6.45, 7) is 5.43. The van der Waals surface area contributed by atoms with E-state index in [1.54, 1.807) is 30.3 Å². The normalized spacial score (nSPS) is 11.4. The van der Waals surface area contributed by atoms with Gasteiger partial charge in [0.1, 0.15) is 0 Å². The Hall–Kier alpha value is -2.80. The summed E-state index contributed by atoms with van der Waals surface area (Å²) in [5.74, 6) is -1.47. The summed E-state index contributed by atoms with van der Waals surface area (Å²) < 4.78 is 5.11. The van der Waals surface area contributed by atoms with Gasteiger partial charge in [0.2, 0.25) is 0 Å². The van der Waals surface area contributed by atoms with Crippen molar-refractivity contribution >= 4 is 29.5 Å². The molecule has 0 unspecified atom stereocenters. The summed E-state index contributed by atoms with van der Waals surface area (Å²) in [6, 6.07) is 14.4. The average Bonchev–Trinajstić information content (AvgIpc) is 2.65. The molecular weight excluding hydrogens is 364 g/mol. The molecule has 2 rings (SSSR count). The van der Waals surface area contributed by atoms with Crippen LogP contribution in [0.15, 0.2) is 53.4 Å². The van der Waals surface area contributed by atoms with Crippen LogP contribution in [0.25, 0.3) is 0 Å². The van der Waals surface area contributed by atoms with Gasteiger partial charge in [-0.2, -0.15) is 0 Å². The summed E-state index contributed by atoms with van der Waals surface area (Å²) in [5, 5.41) is 0. The summed E-state index contributed by atoms with van der Waals surface area (Å²) in [7, 11) is 0. The Morgan fingerprint density at radius 1 is 1.04 bits per heavy atom. The van der Waals surface area contributed by atoms with Gasteiger partial charge in [0.25, 0.3) is 11.8 Å². The number of hydrogen-bond acceptors (Lipinski definition) is 5. The Morgan fingerprint density at radius 3 is 2.41 bits per heavy atom. The first-order valence-corrected chi connectivity index (χ1v) is 9.40. The lowest BCUT2D eigenvalue weighted by atomic mass is 10.2. The van der Waals surface area contributed by atoms with E-state index in [9.17, 15) is 14.4 Å². The monoisotopic (exact) mass is 386 g/mol. The van der Waals surface area contributed by atoms with E-state index in [2.05, 4.69) is 10.9 Å². The highest BCUT2D eigenvalue weighted by Gasteiger charge is 2.19. The van der Waals surface area contributed by atoms with Gasteiger partial charge >= 0.3 is 5.97 Å². The Morgan fingerprint density at radius 2 is 1.74 bits per heavy atom. The number of nitrogens with one attached hydrogen (secondary N) is 2. The molecule has 7 heteroatoms. The summed E-state index contributed by atoms with van der Waals surface area (Å²) in [4.78, 5) is 36.8. The standard InChI is InChI=1S/C20H22N2O4S/c1-13-9-10-17(14(2)11-13)27-12-18(23)26-15(3)19(24)21-22-20(25)16-7-5-4-6-8-16/h4-11,15H,12H2,1-3H3,(H,21,24)(H,22,25)/t15-/m1/s1. The van der Waals surface area contributed by atoms with Crippen molar-refractivity contribution in [1.82, 2.24) is 10.9 Å². The minimum atomic E-state index is -1.02. The lowest BCUT2D eigenvalue weighted by Crippen LogP contribution is -2.46. The van der Waals surface area contributed by atoms with E-state index < -0.39 is 23.9 Å². The Labute approximate surface area is 162 Å².